The van der Waals surface area contributed by atoms with Crippen LogP contribution < -0.4 is 4.74 Å². The van der Waals surface area contributed by atoms with Crippen LogP contribution in [-0.2, 0) is 6.42 Å². The molecule has 1 N–H and O–H groups in total. The first-order valence-electron chi connectivity index (χ1n) is 10.1. The van der Waals surface area contributed by atoms with Crippen LogP contribution in [0.15, 0.2) is 12.1 Å². The van der Waals surface area contributed by atoms with Gasteiger partial charge in [-0.05, 0) is 43.0 Å². The average molecular weight is 335 g/mol. The molecule has 0 amide bonds. The molecule has 0 aliphatic rings. The molecule has 1 rings (SSSR count). The summed E-state index contributed by atoms with van der Waals surface area (Å²) in [6, 6.07) is 3.80. The molecule has 138 valence electrons. The summed E-state index contributed by atoms with van der Waals surface area (Å²) < 4.78 is 5.34. The molecule has 0 radical (unpaired) electrons. The van der Waals surface area contributed by atoms with Gasteiger partial charge in [-0.2, -0.15) is 0 Å². The molecule has 0 aliphatic carbocycles. The van der Waals surface area contributed by atoms with Crippen LogP contribution in [0.4, 0.5) is 0 Å². The van der Waals surface area contributed by atoms with Crippen molar-refractivity contribution in [2.45, 2.75) is 97.3 Å². The van der Waals surface area contributed by atoms with Crippen LogP contribution in [0.2, 0.25) is 0 Å². The zero-order valence-corrected chi connectivity index (χ0v) is 16.2. The van der Waals surface area contributed by atoms with Crippen molar-refractivity contribution in [1.82, 2.24) is 0 Å². The number of ether oxygens (including phenoxy) is 1. The molecule has 0 bridgehead atoms. The SMILES string of the molecule is CCCCCCCCCCCCCCc1cc(OC)c(C)cc1O. The topological polar surface area (TPSA) is 29.5 Å². The van der Waals surface area contributed by atoms with E-state index in [4.69, 9.17) is 4.74 Å². The first kappa shape index (κ1) is 20.9. The normalized spacial score (nSPS) is 11.0. The second-order valence-corrected chi connectivity index (χ2v) is 7.09. The maximum absolute atomic E-state index is 10.0. The second-order valence-electron chi connectivity index (χ2n) is 7.09. The van der Waals surface area contributed by atoms with E-state index >= 15 is 0 Å². The number of rotatable bonds is 14. The average Bonchev–Trinajstić information content (AvgIpc) is 2.57. The van der Waals surface area contributed by atoms with Crippen molar-refractivity contribution in [3.8, 4) is 11.5 Å². The Balaban J connectivity index is 2.03. The molecule has 1 aromatic carbocycles. The van der Waals surface area contributed by atoms with Crippen LogP contribution in [0, 0.1) is 6.92 Å². The summed E-state index contributed by atoms with van der Waals surface area (Å²) >= 11 is 0. The number of aromatic hydroxyl groups is 1. The van der Waals surface area contributed by atoms with Gasteiger partial charge in [-0.25, -0.2) is 0 Å². The molecule has 1 aromatic rings. The lowest BCUT2D eigenvalue weighted by Gasteiger charge is -2.10. The minimum absolute atomic E-state index is 0.413. The molecule has 24 heavy (non-hydrogen) atoms. The largest absolute Gasteiger partial charge is 0.508 e. The molecule has 0 aromatic heterocycles. The molecule has 0 unspecified atom stereocenters. The first-order valence-corrected chi connectivity index (χ1v) is 10.1. The highest BCUT2D eigenvalue weighted by molar-refractivity contribution is 5.45. The third-order valence-electron chi connectivity index (χ3n) is 4.90. The summed E-state index contributed by atoms with van der Waals surface area (Å²) in [7, 11) is 1.69. The number of hydrogen-bond acceptors (Lipinski definition) is 2. The maximum atomic E-state index is 10.0. The van der Waals surface area contributed by atoms with Crippen LogP contribution in [0.5, 0.6) is 11.5 Å². The lowest BCUT2D eigenvalue weighted by molar-refractivity contribution is 0.407. The van der Waals surface area contributed by atoms with Crippen molar-refractivity contribution in [3.05, 3.63) is 23.3 Å². The quantitative estimate of drug-likeness (QED) is 0.373. The minimum atomic E-state index is 0.413. The van der Waals surface area contributed by atoms with Crippen LogP contribution in [-0.4, -0.2) is 12.2 Å². The number of aryl methyl sites for hydroxylation is 2. The van der Waals surface area contributed by atoms with E-state index in [2.05, 4.69) is 6.92 Å². The van der Waals surface area contributed by atoms with Gasteiger partial charge < -0.3 is 9.84 Å². The van der Waals surface area contributed by atoms with Crippen LogP contribution in [0.1, 0.15) is 95.1 Å². The van der Waals surface area contributed by atoms with Gasteiger partial charge in [0.2, 0.25) is 0 Å². The van der Waals surface area contributed by atoms with E-state index in [1.807, 2.05) is 19.1 Å². The molecular weight excluding hydrogens is 296 g/mol. The van der Waals surface area contributed by atoms with Gasteiger partial charge in [-0.3, -0.25) is 0 Å². The van der Waals surface area contributed by atoms with Crippen LogP contribution >= 0.6 is 0 Å². The standard InChI is InChI=1S/C22H38O2/c1-4-5-6-7-8-9-10-11-12-13-14-15-16-20-18-22(24-3)19(2)17-21(20)23/h17-18,23H,4-16H2,1-3H3. The number of hydrogen-bond donors (Lipinski definition) is 1. The van der Waals surface area contributed by atoms with Gasteiger partial charge in [0.05, 0.1) is 7.11 Å². The number of methoxy groups -OCH3 is 1. The highest BCUT2D eigenvalue weighted by atomic mass is 16.5. The molecule has 2 nitrogen and oxygen atoms in total. The van der Waals surface area contributed by atoms with E-state index in [-0.39, 0.29) is 0 Å². The van der Waals surface area contributed by atoms with E-state index < -0.39 is 0 Å². The number of unbranched alkanes of at least 4 members (excludes halogenated alkanes) is 11. The smallest absolute Gasteiger partial charge is 0.122 e. The van der Waals surface area contributed by atoms with Gasteiger partial charge in [-0.1, -0.05) is 77.6 Å². The zero-order chi connectivity index (χ0) is 17.6. The Hall–Kier alpha value is -1.18. The predicted molar refractivity (Wildman–Crippen MR) is 104 cm³/mol. The van der Waals surface area contributed by atoms with Gasteiger partial charge in [-0.15, -0.1) is 0 Å². The Kier molecular flexibility index (Phi) is 11.4. The summed E-state index contributed by atoms with van der Waals surface area (Å²) in [6.45, 7) is 4.24. The second kappa shape index (κ2) is 13.1. The van der Waals surface area contributed by atoms with Gasteiger partial charge in [0.1, 0.15) is 11.5 Å². The van der Waals surface area contributed by atoms with Crippen LogP contribution in [0.3, 0.4) is 0 Å². The monoisotopic (exact) mass is 334 g/mol. The lowest BCUT2D eigenvalue weighted by atomic mass is 10.0. The summed E-state index contributed by atoms with van der Waals surface area (Å²) in [5.74, 6) is 1.29. The Bertz CT molecular complexity index is 440. The van der Waals surface area contributed by atoms with Gasteiger partial charge >= 0.3 is 0 Å². The van der Waals surface area contributed by atoms with Crippen LogP contribution in [0.25, 0.3) is 0 Å². The van der Waals surface area contributed by atoms with E-state index in [0.29, 0.717) is 5.75 Å². The molecular formula is C22H38O2. The van der Waals surface area contributed by atoms with Gasteiger partial charge in [0.15, 0.2) is 0 Å². The maximum Gasteiger partial charge on any atom is 0.122 e. The van der Waals surface area contributed by atoms with Crippen molar-refractivity contribution in [2.24, 2.45) is 0 Å². The minimum Gasteiger partial charge on any atom is -0.508 e. The van der Waals surface area contributed by atoms with Crippen molar-refractivity contribution >= 4 is 0 Å². The highest BCUT2D eigenvalue weighted by Gasteiger charge is 2.06. The number of phenolic OH excluding ortho intramolecular Hbond substituents is 1. The van der Waals surface area contributed by atoms with E-state index in [1.54, 1.807) is 7.11 Å². The predicted octanol–water partition coefficient (Wildman–Crippen LogP) is 6.95. The van der Waals surface area contributed by atoms with E-state index in [0.717, 1.165) is 29.7 Å². The highest BCUT2D eigenvalue weighted by Crippen LogP contribution is 2.28. The summed E-state index contributed by atoms with van der Waals surface area (Å²) in [5, 5.41) is 10.0. The van der Waals surface area contributed by atoms with Gasteiger partial charge in [0.25, 0.3) is 0 Å². The number of benzene rings is 1. The molecule has 0 heterocycles. The van der Waals surface area contributed by atoms with Gasteiger partial charge in [0, 0.05) is 0 Å². The molecule has 0 aliphatic heterocycles. The van der Waals surface area contributed by atoms with E-state index in [9.17, 15) is 5.11 Å². The lowest BCUT2D eigenvalue weighted by Crippen LogP contribution is -1.92. The Labute approximate surface area is 149 Å². The molecule has 0 spiro atoms. The first-order chi connectivity index (χ1) is 11.7. The third-order valence-corrected chi connectivity index (χ3v) is 4.90. The molecule has 2 heteroatoms. The summed E-state index contributed by atoms with van der Waals surface area (Å²) in [4.78, 5) is 0. The van der Waals surface area contributed by atoms with Crippen molar-refractivity contribution < 1.29 is 9.84 Å². The molecule has 0 atom stereocenters. The van der Waals surface area contributed by atoms with Crippen molar-refractivity contribution in [1.29, 1.82) is 0 Å². The summed E-state index contributed by atoms with van der Waals surface area (Å²) in [5.41, 5.74) is 2.01. The molecule has 0 fully saturated rings. The van der Waals surface area contributed by atoms with E-state index in [1.165, 1.54) is 70.6 Å². The molecule has 0 saturated heterocycles. The fraction of sp³-hybridized carbons (Fsp3) is 0.727. The summed E-state index contributed by atoms with van der Waals surface area (Å²) in [6.07, 6.45) is 17.3. The zero-order valence-electron chi connectivity index (χ0n) is 16.2. The van der Waals surface area contributed by atoms with Crippen molar-refractivity contribution in [3.63, 3.8) is 0 Å². The fourth-order valence-electron chi connectivity index (χ4n) is 3.29. The fourth-order valence-corrected chi connectivity index (χ4v) is 3.29. The Morgan fingerprint density at radius 3 is 1.79 bits per heavy atom. The third kappa shape index (κ3) is 8.61. The Morgan fingerprint density at radius 2 is 1.29 bits per heavy atom. The number of phenols is 1. The van der Waals surface area contributed by atoms with Crippen molar-refractivity contribution in [2.75, 3.05) is 7.11 Å². The Morgan fingerprint density at radius 1 is 0.792 bits per heavy atom. The molecule has 0 saturated carbocycles.